The zero-order chi connectivity index (χ0) is 13.3. The van der Waals surface area contributed by atoms with E-state index in [1.54, 1.807) is 12.1 Å². The number of rotatable bonds is 3. The van der Waals surface area contributed by atoms with Crippen LogP contribution in [0.2, 0.25) is 0 Å². The van der Waals surface area contributed by atoms with Crippen LogP contribution in [-0.2, 0) is 9.84 Å². The van der Waals surface area contributed by atoms with E-state index in [1.807, 2.05) is 0 Å². The minimum atomic E-state index is -3.26. The second kappa shape index (κ2) is 4.41. The molecule has 0 amide bonds. The number of hydrogen-bond acceptors (Lipinski definition) is 6. The Labute approximate surface area is 104 Å². The summed E-state index contributed by atoms with van der Waals surface area (Å²) >= 11 is 0. The molecule has 1 aromatic carbocycles. The molecule has 0 saturated carbocycles. The molecule has 18 heavy (non-hydrogen) atoms. The van der Waals surface area contributed by atoms with Crippen LogP contribution in [0.3, 0.4) is 0 Å². The number of benzene rings is 1. The number of phenols is 1. The molecule has 0 saturated heterocycles. The molecule has 0 aliphatic carbocycles. The van der Waals surface area contributed by atoms with Crippen molar-refractivity contribution in [2.24, 2.45) is 0 Å². The van der Waals surface area contributed by atoms with Gasteiger partial charge in [-0.25, -0.2) is 8.42 Å². The smallest absolute Gasteiger partial charge is 0.257 e. The van der Waals surface area contributed by atoms with Gasteiger partial charge in [-0.05, 0) is 31.2 Å². The molecular formula is C11H12N2O4S. The summed E-state index contributed by atoms with van der Waals surface area (Å²) < 4.78 is 27.7. The Morgan fingerprint density at radius 2 is 1.89 bits per heavy atom. The van der Waals surface area contributed by atoms with Crippen molar-refractivity contribution < 1.29 is 18.0 Å². The molecule has 0 aliphatic heterocycles. The Balaban J connectivity index is 2.34. The molecule has 96 valence electrons. The van der Waals surface area contributed by atoms with Crippen molar-refractivity contribution in [2.75, 3.05) is 6.26 Å². The number of aromatic hydroxyl groups is 1. The molecule has 0 bridgehead atoms. The van der Waals surface area contributed by atoms with Crippen molar-refractivity contribution in [1.29, 1.82) is 0 Å². The molecule has 1 atom stereocenters. The van der Waals surface area contributed by atoms with Crippen LogP contribution in [0.15, 0.2) is 28.8 Å². The highest BCUT2D eigenvalue weighted by Crippen LogP contribution is 2.23. The maximum atomic E-state index is 11.4. The third-order valence-electron chi connectivity index (χ3n) is 2.56. The van der Waals surface area contributed by atoms with E-state index in [1.165, 1.54) is 19.1 Å². The van der Waals surface area contributed by atoms with Gasteiger partial charge in [0.1, 0.15) is 11.0 Å². The Morgan fingerprint density at radius 1 is 1.28 bits per heavy atom. The van der Waals surface area contributed by atoms with E-state index in [2.05, 4.69) is 10.1 Å². The first-order valence-corrected chi connectivity index (χ1v) is 7.15. The van der Waals surface area contributed by atoms with Gasteiger partial charge in [-0.1, -0.05) is 5.16 Å². The van der Waals surface area contributed by atoms with Crippen LogP contribution in [0.1, 0.15) is 18.0 Å². The van der Waals surface area contributed by atoms with Crippen LogP contribution < -0.4 is 0 Å². The largest absolute Gasteiger partial charge is 0.508 e. The quantitative estimate of drug-likeness (QED) is 0.907. The van der Waals surface area contributed by atoms with E-state index in [0.29, 0.717) is 5.56 Å². The molecule has 1 N–H and O–H groups in total. The number of aromatic nitrogens is 2. The second-order valence-corrected chi connectivity index (χ2v) is 6.34. The molecule has 2 rings (SSSR count). The lowest BCUT2D eigenvalue weighted by molar-refractivity contribution is 0.421. The molecule has 6 nitrogen and oxygen atoms in total. The summed E-state index contributed by atoms with van der Waals surface area (Å²) in [5, 5.41) is 12.0. The fourth-order valence-electron chi connectivity index (χ4n) is 1.31. The predicted octanol–water partition coefficient (Wildman–Crippen LogP) is 1.55. The molecule has 0 fully saturated rings. The monoisotopic (exact) mass is 268 g/mol. The van der Waals surface area contributed by atoms with Crippen molar-refractivity contribution in [1.82, 2.24) is 10.1 Å². The lowest BCUT2D eigenvalue weighted by Gasteiger charge is -2.01. The van der Waals surface area contributed by atoms with Crippen molar-refractivity contribution in [3.8, 4) is 17.2 Å². The molecule has 7 heteroatoms. The number of phenolic OH excluding ortho intramolecular Hbond substituents is 1. The first-order chi connectivity index (χ1) is 8.38. The molecule has 2 aromatic rings. The summed E-state index contributed by atoms with van der Waals surface area (Å²) in [4.78, 5) is 4.04. The number of hydrogen-bond donors (Lipinski definition) is 1. The van der Waals surface area contributed by atoms with Crippen LogP contribution in [0.4, 0.5) is 0 Å². The van der Waals surface area contributed by atoms with Crippen LogP contribution in [0.5, 0.6) is 5.75 Å². The van der Waals surface area contributed by atoms with Gasteiger partial charge < -0.3 is 9.63 Å². The van der Waals surface area contributed by atoms with Crippen LogP contribution in [0, 0.1) is 0 Å². The maximum absolute atomic E-state index is 11.4. The lowest BCUT2D eigenvalue weighted by Crippen LogP contribution is -2.09. The van der Waals surface area contributed by atoms with Gasteiger partial charge in [0.15, 0.2) is 15.7 Å². The van der Waals surface area contributed by atoms with E-state index >= 15 is 0 Å². The van der Waals surface area contributed by atoms with Crippen molar-refractivity contribution >= 4 is 9.84 Å². The average Bonchev–Trinajstić information content (AvgIpc) is 2.77. The second-order valence-electron chi connectivity index (χ2n) is 3.98. The summed E-state index contributed by atoms with van der Waals surface area (Å²) in [6, 6.07) is 6.19. The van der Waals surface area contributed by atoms with Gasteiger partial charge in [-0.15, -0.1) is 0 Å². The summed E-state index contributed by atoms with van der Waals surface area (Å²) in [7, 11) is -3.26. The highest BCUT2D eigenvalue weighted by atomic mass is 32.2. The molecule has 1 heterocycles. The maximum Gasteiger partial charge on any atom is 0.257 e. The Morgan fingerprint density at radius 3 is 2.44 bits per heavy atom. The molecule has 0 aliphatic rings. The van der Waals surface area contributed by atoms with Gasteiger partial charge in [0.25, 0.3) is 5.89 Å². The Hall–Kier alpha value is -1.89. The normalized spacial score (nSPS) is 13.4. The molecular weight excluding hydrogens is 256 g/mol. The summed E-state index contributed by atoms with van der Waals surface area (Å²) in [6.07, 6.45) is 1.12. The summed E-state index contributed by atoms with van der Waals surface area (Å²) in [5.74, 6) is 0.476. The fourth-order valence-corrected chi connectivity index (χ4v) is 1.79. The van der Waals surface area contributed by atoms with E-state index in [4.69, 9.17) is 9.63 Å². The van der Waals surface area contributed by atoms with Gasteiger partial charge >= 0.3 is 0 Å². The number of sulfone groups is 1. The Bertz CT molecular complexity index is 646. The van der Waals surface area contributed by atoms with E-state index in [0.717, 1.165) is 6.26 Å². The third kappa shape index (κ3) is 2.51. The van der Waals surface area contributed by atoms with Crippen molar-refractivity contribution in [3.05, 3.63) is 30.1 Å². The zero-order valence-corrected chi connectivity index (χ0v) is 10.7. The highest BCUT2D eigenvalue weighted by Gasteiger charge is 2.23. The topological polar surface area (TPSA) is 93.3 Å². The first-order valence-electron chi connectivity index (χ1n) is 5.20. The van der Waals surface area contributed by atoms with E-state index < -0.39 is 15.1 Å². The summed E-state index contributed by atoms with van der Waals surface area (Å²) in [6.45, 7) is 1.50. The SMILES string of the molecule is CC(c1noc(-c2ccc(O)cc2)n1)S(C)(=O)=O. The molecule has 0 radical (unpaired) electrons. The van der Waals surface area contributed by atoms with E-state index in [-0.39, 0.29) is 17.5 Å². The summed E-state index contributed by atoms with van der Waals surface area (Å²) in [5.41, 5.74) is 0.618. The van der Waals surface area contributed by atoms with Crippen LogP contribution in [-0.4, -0.2) is 29.9 Å². The van der Waals surface area contributed by atoms with Gasteiger partial charge in [0.05, 0.1) is 0 Å². The minimum absolute atomic E-state index is 0.126. The van der Waals surface area contributed by atoms with Gasteiger partial charge in [0, 0.05) is 11.8 Å². The van der Waals surface area contributed by atoms with Gasteiger partial charge in [0.2, 0.25) is 0 Å². The third-order valence-corrected chi connectivity index (χ3v) is 4.06. The first kappa shape index (κ1) is 12.6. The van der Waals surface area contributed by atoms with E-state index in [9.17, 15) is 8.42 Å². The highest BCUT2D eigenvalue weighted by molar-refractivity contribution is 7.90. The number of nitrogens with zero attached hydrogens (tertiary/aromatic N) is 2. The van der Waals surface area contributed by atoms with Gasteiger partial charge in [-0.2, -0.15) is 4.98 Å². The Kier molecular flexibility index (Phi) is 3.08. The zero-order valence-electron chi connectivity index (χ0n) is 9.86. The fraction of sp³-hybridized carbons (Fsp3) is 0.273. The lowest BCUT2D eigenvalue weighted by atomic mass is 10.2. The minimum Gasteiger partial charge on any atom is -0.508 e. The molecule has 1 aromatic heterocycles. The van der Waals surface area contributed by atoms with Crippen molar-refractivity contribution in [3.63, 3.8) is 0 Å². The van der Waals surface area contributed by atoms with Crippen LogP contribution >= 0.6 is 0 Å². The van der Waals surface area contributed by atoms with Crippen LogP contribution in [0.25, 0.3) is 11.5 Å². The molecule has 0 spiro atoms. The van der Waals surface area contributed by atoms with Crippen molar-refractivity contribution in [2.45, 2.75) is 12.2 Å². The predicted molar refractivity (Wildman–Crippen MR) is 64.7 cm³/mol. The van der Waals surface area contributed by atoms with Gasteiger partial charge in [-0.3, -0.25) is 0 Å². The molecule has 1 unspecified atom stereocenters. The average molecular weight is 268 g/mol. The standard InChI is InChI=1S/C11H12N2O4S/c1-7(18(2,15)16)10-12-11(17-13-10)8-3-5-9(14)6-4-8/h3-7,14H,1-2H3.